The molecule has 114 valence electrons. The Morgan fingerprint density at radius 2 is 2.25 bits per heavy atom. The maximum Gasteiger partial charge on any atom is 0.0842 e. The topological polar surface area (TPSA) is 42.7 Å². The molecule has 1 fully saturated rings. The number of aromatic nitrogens is 3. The fraction of sp³-hybridized carbons (Fsp3) is 0.875. The molecule has 1 aliphatic rings. The van der Waals surface area contributed by atoms with E-state index in [9.17, 15) is 0 Å². The standard InChI is InChI=1S/C16H30N4/c1-5-10-17-15(11-13-12-20(4)19-18-13)14-8-6-7-9-16(14,2)3/h12,14-15,17H,5-11H2,1-4H3. The summed E-state index contributed by atoms with van der Waals surface area (Å²) < 4.78 is 1.80. The first kappa shape index (κ1) is 15.5. The van der Waals surface area contributed by atoms with Gasteiger partial charge in [-0.3, -0.25) is 4.68 Å². The molecule has 4 nitrogen and oxygen atoms in total. The molecule has 1 N–H and O–H groups in total. The summed E-state index contributed by atoms with van der Waals surface area (Å²) >= 11 is 0. The first-order chi connectivity index (χ1) is 9.53. The Morgan fingerprint density at radius 3 is 2.85 bits per heavy atom. The van der Waals surface area contributed by atoms with Gasteiger partial charge in [-0.25, -0.2) is 0 Å². The van der Waals surface area contributed by atoms with Crippen LogP contribution in [0.1, 0.15) is 58.6 Å². The molecule has 1 aromatic rings. The van der Waals surface area contributed by atoms with Gasteiger partial charge in [0, 0.05) is 25.7 Å². The highest BCUT2D eigenvalue weighted by molar-refractivity contribution is 5.00. The van der Waals surface area contributed by atoms with E-state index in [2.05, 4.69) is 42.6 Å². The van der Waals surface area contributed by atoms with Crippen molar-refractivity contribution in [3.63, 3.8) is 0 Å². The highest BCUT2D eigenvalue weighted by atomic mass is 15.4. The second-order valence-electron chi connectivity index (χ2n) is 6.99. The van der Waals surface area contributed by atoms with E-state index >= 15 is 0 Å². The Kier molecular flexibility index (Phi) is 5.19. The van der Waals surface area contributed by atoms with Gasteiger partial charge in [-0.15, -0.1) is 5.10 Å². The number of nitrogens with zero attached hydrogens (tertiary/aromatic N) is 3. The fourth-order valence-corrected chi connectivity index (χ4v) is 3.67. The summed E-state index contributed by atoms with van der Waals surface area (Å²) in [5.74, 6) is 0.741. The molecular formula is C16H30N4. The van der Waals surface area contributed by atoms with Crippen LogP contribution in [-0.2, 0) is 13.5 Å². The van der Waals surface area contributed by atoms with Gasteiger partial charge in [-0.2, -0.15) is 0 Å². The SMILES string of the molecule is CCCNC(Cc1cn(C)nn1)C1CCCCC1(C)C. The highest BCUT2D eigenvalue weighted by Gasteiger charge is 2.37. The summed E-state index contributed by atoms with van der Waals surface area (Å²) in [4.78, 5) is 0. The van der Waals surface area contributed by atoms with Gasteiger partial charge in [0.15, 0.2) is 0 Å². The molecule has 0 aliphatic heterocycles. The summed E-state index contributed by atoms with van der Waals surface area (Å²) in [6.45, 7) is 8.21. The molecule has 20 heavy (non-hydrogen) atoms. The molecule has 0 spiro atoms. The van der Waals surface area contributed by atoms with Gasteiger partial charge in [-0.1, -0.05) is 38.8 Å². The van der Waals surface area contributed by atoms with E-state index in [1.54, 1.807) is 4.68 Å². The van der Waals surface area contributed by atoms with Crippen molar-refractivity contribution in [1.82, 2.24) is 20.3 Å². The second-order valence-corrected chi connectivity index (χ2v) is 6.99. The van der Waals surface area contributed by atoms with E-state index in [0.717, 1.165) is 24.6 Å². The lowest BCUT2D eigenvalue weighted by Crippen LogP contribution is -2.46. The molecule has 0 saturated heterocycles. The number of rotatable bonds is 6. The molecule has 4 heteroatoms. The minimum Gasteiger partial charge on any atom is -0.313 e. The van der Waals surface area contributed by atoms with Crippen LogP contribution in [0.25, 0.3) is 0 Å². The van der Waals surface area contributed by atoms with Crippen LogP contribution in [0.15, 0.2) is 6.20 Å². The maximum absolute atomic E-state index is 4.28. The molecule has 2 atom stereocenters. The Balaban J connectivity index is 2.09. The van der Waals surface area contributed by atoms with Crippen molar-refractivity contribution in [2.24, 2.45) is 18.4 Å². The summed E-state index contributed by atoms with van der Waals surface area (Å²) in [6, 6.07) is 0.530. The maximum atomic E-state index is 4.28. The number of hydrogen-bond acceptors (Lipinski definition) is 3. The molecule has 0 aromatic carbocycles. The van der Waals surface area contributed by atoms with Crippen LogP contribution in [0, 0.1) is 11.3 Å². The molecule has 2 unspecified atom stereocenters. The van der Waals surface area contributed by atoms with Crippen LogP contribution in [0.3, 0.4) is 0 Å². The van der Waals surface area contributed by atoms with E-state index < -0.39 is 0 Å². The predicted molar refractivity (Wildman–Crippen MR) is 82.5 cm³/mol. The average Bonchev–Trinajstić information content (AvgIpc) is 2.80. The van der Waals surface area contributed by atoms with Crippen molar-refractivity contribution >= 4 is 0 Å². The van der Waals surface area contributed by atoms with Crippen LogP contribution in [0.2, 0.25) is 0 Å². The van der Waals surface area contributed by atoms with Gasteiger partial charge in [0.2, 0.25) is 0 Å². The van der Waals surface area contributed by atoms with Crippen molar-refractivity contribution in [3.05, 3.63) is 11.9 Å². The lowest BCUT2D eigenvalue weighted by Gasteiger charge is -2.43. The first-order valence-corrected chi connectivity index (χ1v) is 8.11. The minimum atomic E-state index is 0.436. The number of nitrogens with one attached hydrogen (secondary N) is 1. The van der Waals surface area contributed by atoms with E-state index in [1.165, 1.54) is 32.1 Å². The van der Waals surface area contributed by atoms with E-state index in [-0.39, 0.29) is 0 Å². The van der Waals surface area contributed by atoms with Gasteiger partial charge in [0.1, 0.15) is 0 Å². The van der Waals surface area contributed by atoms with Crippen molar-refractivity contribution in [3.8, 4) is 0 Å². The monoisotopic (exact) mass is 278 g/mol. The summed E-state index contributed by atoms with van der Waals surface area (Å²) in [5, 5.41) is 12.1. The molecule has 1 aliphatic carbocycles. The zero-order valence-electron chi connectivity index (χ0n) is 13.5. The molecule has 1 saturated carbocycles. The van der Waals surface area contributed by atoms with Gasteiger partial charge < -0.3 is 5.32 Å². The quantitative estimate of drug-likeness (QED) is 0.870. The van der Waals surface area contributed by atoms with Gasteiger partial charge in [0.25, 0.3) is 0 Å². The fourth-order valence-electron chi connectivity index (χ4n) is 3.67. The van der Waals surface area contributed by atoms with Gasteiger partial charge in [-0.05, 0) is 37.1 Å². The lowest BCUT2D eigenvalue weighted by atomic mass is 9.65. The minimum absolute atomic E-state index is 0.436. The van der Waals surface area contributed by atoms with Gasteiger partial charge >= 0.3 is 0 Å². The van der Waals surface area contributed by atoms with E-state index in [1.807, 2.05) is 7.05 Å². The summed E-state index contributed by atoms with van der Waals surface area (Å²) in [5.41, 5.74) is 1.55. The third-order valence-electron chi connectivity index (χ3n) is 4.81. The third kappa shape index (κ3) is 3.81. The van der Waals surface area contributed by atoms with Crippen LogP contribution >= 0.6 is 0 Å². The molecule has 0 bridgehead atoms. The number of hydrogen-bond donors (Lipinski definition) is 1. The molecule has 2 rings (SSSR count). The van der Waals surface area contributed by atoms with Crippen molar-refractivity contribution in [2.45, 2.75) is 65.3 Å². The molecular weight excluding hydrogens is 248 g/mol. The van der Waals surface area contributed by atoms with E-state index in [4.69, 9.17) is 0 Å². The predicted octanol–water partition coefficient (Wildman–Crippen LogP) is 2.94. The summed E-state index contributed by atoms with van der Waals surface area (Å²) in [7, 11) is 1.94. The first-order valence-electron chi connectivity index (χ1n) is 8.11. The highest BCUT2D eigenvalue weighted by Crippen LogP contribution is 2.42. The smallest absolute Gasteiger partial charge is 0.0842 e. The number of aryl methyl sites for hydroxylation is 1. The zero-order chi connectivity index (χ0) is 14.6. The van der Waals surface area contributed by atoms with Crippen LogP contribution in [0.4, 0.5) is 0 Å². The third-order valence-corrected chi connectivity index (χ3v) is 4.81. The lowest BCUT2D eigenvalue weighted by molar-refractivity contribution is 0.0977. The Hall–Kier alpha value is -0.900. The Bertz CT molecular complexity index is 410. The largest absolute Gasteiger partial charge is 0.313 e. The van der Waals surface area contributed by atoms with Crippen molar-refractivity contribution in [1.29, 1.82) is 0 Å². The van der Waals surface area contributed by atoms with Crippen molar-refractivity contribution < 1.29 is 0 Å². The van der Waals surface area contributed by atoms with Crippen LogP contribution in [-0.4, -0.2) is 27.6 Å². The molecule has 1 aromatic heterocycles. The van der Waals surface area contributed by atoms with Crippen LogP contribution < -0.4 is 5.32 Å². The average molecular weight is 278 g/mol. The molecule has 0 amide bonds. The van der Waals surface area contributed by atoms with Crippen LogP contribution in [0.5, 0.6) is 0 Å². The molecule has 1 heterocycles. The second kappa shape index (κ2) is 6.70. The zero-order valence-corrected chi connectivity index (χ0v) is 13.5. The van der Waals surface area contributed by atoms with Gasteiger partial charge in [0.05, 0.1) is 5.69 Å². The van der Waals surface area contributed by atoms with Crippen molar-refractivity contribution in [2.75, 3.05) is 6.54 Å². The Morgan fingerprint density at radius 1 is 1.45 bits per heavy atom. The molecule has 0 radical (unpaired) electrons. The van der Waals surface area contributed by atoms with E-state index in [0.29, 0.717) is 11.5 Å². The normalized spacial score (nSPS) is 23.7. The summed E-state index contributed by atoms with van der Waals surface area (Å²) in [6.07, 6.45) is 9.69. The Labute approximate surface area is 123 Å².